The lowest BCUT2D eigenvalue weighted by molar-refractivity contribution is -0.131. The molecule has 1 amide bonds. The number of hydrogen-bond donors (Lipinski definition) is 3. The van der Waals surface area contributed by atoms with Crippen LogP contribution in [0.25, 0.3) is 0 Å². The fourth-order valence-corrected chi connectivity index (χ4v) is 2.03. The number of carbonyl (C=O) groups excluding carboxylic acids is 1. The van der Waals surface area contributed by atoms with Gasteiger partial charge < -0.3 is 15.5 Å². The van der Waals surface area contributed by atoms with Crippen molar-refractivity contribution >= 4 is 11.9 Å². The van der Waals surface area contributed by atoms with Crippen molar-refractivity contribution in [2.75, 3.05) is 6.54 Å². The zero-order valence-corrected chi connectivity index (χ0v) is 10.9. The summed E-state index contributed by atoms with van der Waals surface area (Å²) in [5.74, 6) is -1.65. The normalized spacial score (nSPS) is 21.7. The minimum absolute atomic E-state index is 0.172. The first-order valence-corrected chi connectivity index (χ1v) is 6.14. The van der Waals surface area contributed by atoms with E-state index in [1.807, 2.05) is 0 Å². The molecule has 0 atom stereocenters. The summed E-state index contributed by atoms with van der Waals surface area (Å²) >= 11 is 0. The van der Waals surface area contributed by atoms with Gasteiger partial charge in [-0.15, -0.1) is 0 Å². The van der Waals surface area contributed by atoms with Crippen LogP contribution in [0.3, 0.4) is 0 Å². The average molecular weight is 255 g/mol. The van der Waals surface area contributed by atoms with Crippen molar-refractivity contribution in [2.45, 2.75) is 45.1 Å². The molecule has 18 heavy (non-hydrogen) atoms. The molecule has 3 N–H and O–H groups in total. The zero-order chi connectivity index (χ0) is 13.8. The molecule has 1 aliphatic rings. The second kappa shape index (κ2) is 5.52. The van der Waals surface area contributed by atoms with E-state index in [1.54, 1.807) is 0 Å². The van der Waals surface area contributed by atoms with Gasteiger partial charge in [0.15, 0.2) is 0 Å². The standard InChI is InChI=1S/C13H21NO4/c1-12(2)5-7-13(18,8-6-12)9-14-10(15)3-4-11(16)17/h3-4,18H,5-9H2,1-2H3,(H,14,15)(H,16,17). The van der Waals surface area contributed by atoms with Crippen LogP contribution in [-0.2, 0) is 9.59 Å². The highest BCUT2D eigenvalue weighted by Crippen LogP contribution is 2.39. The van der Waals surface area contributed by atoms with Gasteiger partial charge in [0.05, 0.1) is 5.60 Å². The molecule has 1 aliphatic carbocycles. The van der Waals surface area contributed by atoms with Crippen LogP contribution < -0.4 is 5.32 Å². The van der Waals surface area contributed by atoms with Gasteiger partial charge >= 0.3 is 5.97 Å². The molecule has 0 unspecified atom stereocenters. The number of aliphatic hydroxyl groups is 1. The molecular formula is C13H21NO4. The van der Waals surface area contributed by atoms with Crippen molar-refractivity contribution in [2.24, 2.45) is 5.41 Å². The summed E-state index contributed by atoms with van der Waals surface area (Å²) < 4.78 is 0. The minimum Gasteiger partial charge on any atom is -0.478 e. The Hall–Kier alpha value is -1.36. The van der Waals surface area contributed by atoms with Crippen LogP contribution in [0.1, 0.15) is 39.5 Å². The highest BCUT2D eigenvalue weighted by molar-refractivity contribution is 5.93. The molecule has 5 heteroatoms. The van der Waals surface area contributed by atoms with Gasteiger partial charge in [-0.25, -0.2) is 4.79 Å². The minimum atomic E-state index is -1.16. The van der Waals surface area contributed by atoms with E-state index in [9.17, 15) is 14.7 Å². The van der Waals surface area contributed by atoms with Crippen LogP contribution in [0.5, 0.6) is 0 Å². The van der Waals surface area contributed by atoms with E-state index in [2.05, 4.69) is 19.2 Å². The number of nitrogens with one attached hydrogen (secondary N) is 1. The molecule has 0 aromatic carbocycles. The van der Waals surface area contributed by atoms with Crippen molar-refractivity contribution in [3.8, 4) is 0 Å². The third-order valence-electron chi connectivity index (χ3n) is 3.50. The average Bonchev–Trinajstić information content (AvgIpc) is 2.29. The Kier molecular flexibility index (Phi) is 4.51. The molecular weight excluding hydrogens is 234 g/mol. The third-order valence-corrected chi connectivity index (χ3v) is 3.50. The second-order valence-corrected chi connectivity index (χ2v) is 5.78. The summed E-state index contributed by atoms with van der Waals surface area (Å²) in [4.78, 5) is 21.5. The summed E-state index contributed by atoms with van der Waals surface area (Å²) in [5.41, 5.74) is -0.609. The number of aliphatic carboxylic acids is 1. The van der Waals surface area contributed by atoms with Crippen molar-refractivity contribution in [3.05, 3.63) is 12.2 Å². The van der Waals surface area contributed by atoms with E-state index in [1.165, 1.54) is 0 Å². The first-order chi connectivity index (χ1) is 8.22. The van der Waals surface area contributed by atoms with E-state index in [-0.39, 0.29) is 12.0 Å². The molecule has 102 valence electrons. The van der Waals surface area contributed by atoms with E-state index >= 15 is 0 Å². The Bertz CT molecular complexity index is 350. The maximum absolute atomic E-state index is 11.3. The SMILES string of the molecule is CC1(C)CCC(O)(CNC(=O)C=CC(=O)O)CC1. The highest BCUT2D eigenvalue weighted by atomic mass is 16.4. The zero-order valence-electron chi connectivity index (χ0n) is 10.9. The van der Waals surface area contributed by atoms with E-state index in [4.69, 9.17) is 5.11 Å². The molecule has 0 aromatic heterocycles. The van der Waals surface area contributed by atoms with E-state index < -0.39 is 17.5 Å². The van der Waals surface area contributed by atoms with Crippen LogP contribution in [-0.4, -0.2) is 34.2 Å². The quantitative estimate of drug-likeness (QED) is 0.656. The van der Waals surface area contributed by atoms with Crippen LogP contribution >= 0.6 is 0 Å². The maximum Gasteiger partial charge on any atom is 0.328 e. The highest BCUT2D eigenvalue weighted by Gasteiger charge is 2.36. The number of amides is 1. The van der Waals surface area contributed by atoms with Gasteiger partial charge in [-0.1, -0.05) is 13.8 Å². The molecule has 1 saturated carbocycles. The topological polar surface area (TPSA) is 86.6 Å². The molecule has 0 bridgehead atoms. The molecule has 0 aromatic rings. The summed E-state index contributed by atoms with van der Waals surface area (Å²) in [7, 11) is 0. The molecule has 0 saturated heterocycles. The fourth-order valence-electron chi connectivity index (χ4n) is 2.03. The van der Waals surface area contributed by atoms with Crippen molar-refractivity contribution in [1.82, 2.24) is 5.32 Å². The van der Waals surface area contributed by atoms with Crippen molar-refractivity contribution in [1.29, 1.82) is 0 Å². The lowest BCUT2D eigenvalue weighted by atomic mass is 9.71. The Balaban J connectivity index is 2.39. The van der Waals surface area contributed by atoms with Gasteiger partial charge in [-0.2, -0.15) is 0 Å². The van der Waals surface area contributed by atoms with Gasteiger partial charge in [0.1, 0.15) is 0 Å². The lowest BCUT2D eigenvalue weighted by Gasteiger charge is -2.40. The van der Waals surface area contributed by atoms with Gasteiger partial charge in [0.25, 0.3) is 0 Å². The Morgan fingerprint density at radius 2 is 1.72 bits per heavy atom. The molecule has 1 rings (SSSR count). The predicted molar refractivity (Wildman–Crippen MR) is 67.0 cm³/mol. The molecule has 5 nitrogen and oxygen atoms in total. The predicted octanol–water partition coefficient (Wildman–Crippen LogP) is 1.07. The molecule has 1 fully saturated rings. The van der Waals surface area contributed by atoms with Gasteiger partial charge in [-0.3, -0.25) is 4.79 Å². The number of carboxylic acid groups (broad SMARTS) is 1. The fraction of sp³-hybridized carbons (Fsp3) is 0.692. The van der Waals surface area contributed by atoms with Crippen molar-refractivity contribution in [3.63, 3.8) is 0 Å². The van der Waals surface area contributed by atoms with Crippen molar-refractivity contribution < 1.29 is 19.8 Å². The summed E-state index contributed by atoms with van der Waals surface area (Å²) in [6.07, 6.45) is 4.89. The number of carboxylic acids is 1. The summed E-state index contributed by atoms with van der Waals surface area (Å²) in [6, 6.07) is 0. The van der Waals surface area contributed by atoms with Gasteiger partial charge in [0, 0.05) is 18.7 Å². The Labute approximate surface area is 107 Å². The number of carbonyl (C=O) groups is 2. The van der Waals surface area contributed by atoms with Gasteiger partial charge in [0.2, 0.25) is 5.91 Å². The number of hydrogen-bond acceptors (Lipinski definition) is 3. The molecule has 0 spiro atoms. The van der Waals surface area contributed by atoms with Gasteiger partial charge in [-0.05, 0) is 31.1 Å². The summed E-state index contributed by atoms with van der Waals surface area (Å²) in [5, 5.41) is 21.2. The largest absolute Gasteiger partial charge is 0.478 e. The smallest absolute Gasteiger partial charge is 0.328 e. The molecule has 0 aliphatic heterocycles. The van der Waals surface area contributed by atoms with E-state index in [0.717, 1.165) is 25.0 Å². The monoisotopic (exact) mass is 255 g/mol. The first kappa shape index (κ1) is 14.7. The first-order valence-electron chi connectivity index (χ1n) is 6.14. The molecule has 0 heterocycles. The Morgan fingerprint density at radius 3 is 2.22 bits per heavy atom. The van der Waals surface area contributed by atoms with E-state index in [0.29, 0.717) is 12.8 Å². The Morgan fingerprint density at radius 1 is 1.17 bits per heavy atom. The lowest BCUT2D eigenvalue weighted by Crippen LogP contribution is -2.46. The molecule has 0 radical (unpaired) electrons. The van der Waals surface area contributed by atoms with Crippen LogP contribution in [0.2, 0.25) is 0 Å². The van der Waals surface area contributed by atoms with Crippen LogP contribution in [0.4, 0.5) is 0 Å². The van der Waals surface area contributed by atoms with Crippen LogP contribution in [0, 0.1) is 5.41 Å². The number of rotatable bonds is 4. The summed E-state index contributed by atoms with van der Waals surface area (Å²) in [6.45, 7) is 4.51. The second-order valence-electron chi connectivity index (χ2n) is 5.78. The maximum atomic E-state index is 11.3. The van der Waals surface area contributed by atoms with Crippen LogP contribution in [0.15, 0.2) is 12.2 Å². The third kappa shape index (κ3) is 4.87.